The molecule has 0 atom stereocenters. The standard InChI is InChI=1S/C18H29FN2/c1-3-10-20-14-15-11-16(19)13-18(12-15)21(2)17-8-6-4-5-7-9-17/h11-13,17,20H,3-10,14H2,1-2H3. The molecule has 0 heterocycles. The van der Waals surface area contributed by atoms with Crippen LogP contribution in [0, 0.1) is 5.82 Å². The van der Waals surface area contributed by atoms with Gasteiger partial charge in [0.25, 0.3) is 0 Å². The first-order valence-corrected chi connectivity index (χ1v) is 8.43. The van der Waals surface area contributed by atoms with Crippen LogP contribution in [0.3, 0.4) is 0 Å². The van der Waals surface area contributed by atoms with Gasteiger partial charge in [0, 0.05) is 25.3 Å². The molecule has 1 aromatic rings. The number of halogens is 1. The van der Waals surface area contributed by atoms with Crippen LogP contribution in [-0.2, 0) is 6.54 Å². The molecule has 1 aliphatic carbocycles. The number of nitrogens with zero attached hydrogens (tertiary/aromatic N) is 1. The highest BCUT2D eigenvalue weighted by Gasteiger charge is 2.18. The summed E-state index contributed by atoms with van der Waals surface area (Å²) in [6, 6.07) is 6.02. The molecule has 2 rings (SSSR count). The van der Waals surface area contributed by atoms with Crippen molar-refractivity contribution in [2.45, 2.75) is 64.5 Å². The molecule has 0 unspecified atom stereocenters. The zero-order chi connectivity index (χ0) is 15.1. The van der Waals surface area contributed by atoms with Crippen molar-refractivity contribution in [3.8, 4) is 0 Å². The minimum absolute atomic E-state index is 0.124. The predicted molar refractivity (Wildman–Crippen MR) is 88.3 cm³/mol. The number of nitrogens with one attached hydrogen (secondary N) is 1. The lowest BCUT2D eigenvalue weighted by molar-refractivity contribution is 0.550. The van der Waals surface area contributed by atoms with Crippen molar-refractivity contribution in [1.82, 2.24) is 5.32 Å². The third kappa shape index (κ3) is 4.99. The van der Waals surface area contributed by atoms with Crippen LogP contribution in [0.4, 0.5) is 10.1 Å². The van der Waals surface area contributed by atoms with E-state index in [4.69, 9.17) is 0 Å². The average Bonchev–Trinajstić information content (AvgIpc) is 2.75. The van der Waals surface area contributed by atoms with E-state index >= 15 is 0 Å². The lowest BCUT2D eigenvalue weighted by Gasteiger charge is -2.29. The molecule has 0 aliphatic heterocycles. The summed E-state index contributed by atoms with van der Waals surface area (Å²) in [5, 5.41) is 3.35. The lowest BCUT2D eigenvalue weighted by Crippen LogP contribution is -2.31. The highest BCUT2D eigenvalue weighted by molar-refractivity contribution is 5.49. The summed E-state index contributed by atoms with van der Waals surface area (Å²) in [4.78, 5) is 2.29. The molecule has 21 heavy (non-hydrogen) atoms. The predicted octanol–water partition coefficient (Wildman–Crippen LogP) is 4.48. The normalized spacial score (nSPS) is 16.7. The number of anilines is 1. The molecule has 118 valence electrons. The molecule has 0 bridgehead atoms. The van der Waals surface area contributed by atoms with Crippen LogP contribution >= 0.6 is 0 Å². The largest absolute Gasteiger partial charge is 0.372 e. The summed E-state index contributed by atoms with van der Waals surface area (Å²) < 4.78 is 13.9. The van der Waals surface area contributed by atoms with Gasteiger partial charge >= 0.3 is 0 Å². The average molecular weight is 292 g/mol. The quantitative estimate of drug-likeness (QED) is 0.614. The van der Waals surface area contributed by atoms with Gasteiger partial charge in [0.05, 0.1) is 0 Å². The molecule has 1 aliphatic rings. The minimum Gasteiger partial charge on any atom is -0.372 e. The van der Waals surface area contributed by atoms with Crippen LogP contribution in [0.2, 0.25) is 0 Å². The van der Waals surface area contributed by atoms with E-state index in [2.05, 4.69) is 30.3 Å². The Kier molecular flexibility index (Phi) is 6.50. The second-order valence-corrected chi connectivity index (χ2v) is 6.25. The molecule has 0 aromatic heterocycles. The molecule has 1 saturated carbocycles. The van der Waals surface area contributed by atoms with Crippen LogP contribution < -0.4 is 10.2 Å². The van der Waals surface area contributed by atoms with Gasteiger partial charge in [-0.1, -0.05) is 32.6 Å². The van der Waals surface area contributed by atoms with E-state index in [1.54, 1.807) is 12.1 Å². The molecule has 1 fully saturated rings. The molecular weight excluding hydrogens is 263 g/mol. The Morgan fingerprint density at radius 3 is 2.52 bits per heavy atom. The van der Waals surface area contributed by atoms with E-state index in [0.29, 0.717) is 6.04 Å². The monoisotopic (exact) mass is 292 g/mol. The third-order valence-electron chi connectivity index (χ3n) is 4.48. The fraction of sp³-hybridized carbons (Fsp3) is 0.667. The minimum atomic E-state index is -0.124. The first-order chi connectivity index (χ1) is 10.2. The van der Waals surface area contributed by atoms with E-state index in [9.17, 15) is 4.39 Å². The highest BCUT2D eigenvalue weighted by atomic mass is 19.1. The molecule has 2 nitrogen and oxygen atoms in total. The Morgan fingerprint density at radius 2 is 1.86 bits per heavy atom. The zero-order valence-corrected chi connectivity index (χ0v) is 13.5. The lowest BCUT2D eigenvalue weighted by atomic mass is 10.1. The molecule has 1 N–H and O–H groups in total. The molecule has 0 spiro atoms. The summed E-state index contributed by atoms with van der Waals surface area (Å²) in [5.74, 6) is -0.124. The van der Waals surface area contributed by atoms with Crippen LogP contribution in [-0.4, -0.2) is 19.6 Å². The molecular formula is C18H29FN2. The van der Waals surface area contributed by atoms with Gasteiger partial charge in [0.15, 0.2) is 0 Å². The Labute approximate surface area is 128 Å². The van der Waals surface area contributed by atoms with Gasteiger partial charge in [0.1, 0.15) is 5.82 Å². The van der Waals surface area contributed by atoms with Gasteiger partial charge in [-0.2, -0.15) is 0 Å². The van der Waals surface area contributed by atoms with Crippen molar-refractivity contribution in [2.24, 2.45) is 0 Å². The zero-order valence-electron chi connectivity index (χ0n) is 13.5. The molecule has 1 aromatic carbocycles. The van der Waals surface area contributed by atoms with Crippen LogP contribution in [0.25, 0.3) is 0 Å². The summed E-state index contributed by atoms with van der Waals surface area (Å²) in [6.45, 7) is 3.87. The molecule has 0 saturated heterocycles. The Morgan fingerprint density at radius 1 is 1.14 bits per heavy atom. The number of benzene rings is 1. The fourth-order valence-electron chi connectivity index (χ4n) is 3.20. The Balaban J connectivity index is 2.06. The van der Waals surface area contributed by atoms with Crippen LogP contribution in [0.1, 0.15) is 57.4 Å². The second kappa shape index (κ2) is 8.38. The first-order valence-electron chi connectivity index (χ1n) is 8.43. The van der Waals surface area contributed by atoms with Crippen molar-refractivity contribution in [1.29, 1.82) is 0 Å². The van der Waals surface area contributed by atoms with Gasteiger partial charge < -0.3 is 10.2 Å². The van der Waals surface area contributed by atoms with E-state index in [1.165, 1.54) is 38.5 Å². The molecule has 0 radical (unpaired) electrons. The fourth-order valence-corrected chi connectivity index (χ4v) is 3.20. The summed E-state index contributed by atoms with van der Waals surface area (Å²) in [5.41, 5.74) is 2.06. The van der Waals surface area contributed by atoms with Gasteiger partial charge in [-0.3, -0.25) is 0 Å². The Hall–Kier alpha value is -1.09. The molecule has 3 heteroatoms. The maximum atomic E-state index is 13.9. The van der Waals surface area contributed by atoms with E-state index in [-0.39, 0.29) is 5.82 Å². The maximum Gasteiger partial charge on any atom is 0.125 e. The first kappa shape index (κ1) is 16.3. The van der Waals surface area contributed by atoms with Gasteiger partial charge in [-0.25, -0.2) is 4.39 Å². The van der Waals surface area contributed by atoms with Gasteiger partial charge in [-0.15, -0.1) is 0 Å². The van der Waals surface area contributed by atoms with Crippen molar-refractivity contribution < 1.29 is 4.39 Å². The van der Waals surface area contributed by atoms with Crippen molar-refractivity contribution in [3.05, 3.63) is 29.6 Å². The number of hydrogen-bond donors (Lipinski definition) is 1. The maximum absolute atomic E-state index is 13.9. The second-order valence-electron chi connectivity index (χ2n) is 6.25. The number of hydrogen-bond acceptors (Lipinski definition) is 2. The van der Waals surface area contributed by atoms with Gasteiger partial charge in [0.2, 0.25) is 0 Å². The number of rotatable bonds is 6. The van der Waals surface area contributed by atoms with Crippen molar-refractivity contribution in [2.75, 3.05) is 18.5 Å². The van der Waals surface area contributed by atoms with E-state index < -0.39 is 0 Å². The topological polar surface area (TPSA) is 15.3 Å². The van der Waals surface area contributed by atoms with E-state index in [0.717, 1.165) is 30.8 Å². The summed E-state index contributed by atoms with van der Waals surface area (Å²) in [6.07, 6.45) is 8.86. The molecule has 0 amide bonds. The van der Waals surface area contributed by atoms with Crippen molar-refractivity contribution >= 4 is 5.69 Å². The van der Waals surface area contributed by atoms with Gasteiger partial charge in [-0.05, 0) is 49.6 Å². The van der Waals surface area contributed by atoms with Crippen molar-refractivity contribution in [3.63, 3.8) is 0 Å². The van der Waals surface area contributed by atoms with Crippen LogP contribution in [0.5, 0.6) is 0 Å². The van der Waals surface area contributed by atoms with Crippen LogP contribution in [0.15, 0.2) is 18.2 Å². The van der Waals surface area contributed by atoms with E-state index in [1.807, 2.05) is 0 Å². The summed E-state index contributed by atoms with van der Waals surface area (Å²) >= 11 is 0. The highest BCUT2D eigenvalue weighted by Crippen LogP contribution is 2.26. The SMILES string of the molecule is CCCNCc1cc(F)cc(N(C)C2CCCCCC2)c1. The third-order valence-corrected chi connectivity index (χ3v) is 4.48. The summed E-state index contributed by atoms with van der Waals surface area (Å²) in [7, 11) is 2.12. The Bertz CT molecular complexity index is 425. The smallest absolute Gasteiger partial charge is 0.125 e.